The van der Waals surface area contributed by atoms with E-state index in [2.05, 4.69) is 50.7 Å². The van der Waals surface area contributed by atoms with Crippen LogP contribution in [0.15, 0.2) is 36.9 Å². The predicted molar refractivity (Wildman–Crippen MR) is 89.0 cm³/mol. The maximum absolute atomic E-state index is 4.95. The van der Waals surface area contributed by atoms with Crippen molar-refractivity contribution < 1.29 is 0 Å². The van der Waals surface area contributed by atoms with Crippen molar-refractivity contribution in [1.82, 2.24) is 29.2 Å². The summed E-state index contributed by atoms with van der Waals surface area (Å²) in [6.45, 7) is 6.16. The average Bonchev–Trinajstić information content (AvgIpc) is 3.31. The Morgan fingerprint density at radius 1 is 1.22 bits per heavy atom. The number of para-hydroxylation sites is 2. The topological polar surface area (TPSA) is 51.8 Å². The summed E-state index contributed by atoms with van der Waals surface area (Å²) < 4.78 is 4.27. The van der Waals surface area contributed by atoms with Crippen LogP contribution in [0.2, 0.25) is 0 Å². The molecule has 0 N–H and O–H groups in total. The van der Waals surface area contributed by atoms with E-state index in [0.717, 1.165) is 31.7 Å². The van der Waals surface area contributed by atoms with Gasteiger partial charge in [-0.15, -0.1) is 0 Å². The number of likely N-dealkylation sites (tertiary alicyclic amines) is 1. The first kappa shape index (κ1) is 14.4. The Morgan fingerprint density at radius 3 is 2.96 bits per heavy atom. The number of hydrogen-bond acceptors (Lipinski definition) is 4. The van der Waals surface area contributed by atoms with Crippen LogP contribution in [0.25, 0.3) is 11.0 Å². The molecule has 0 saturated carbocycles. The van der Waals surface area contributed by atoms with Crippen LogP contribution >= 0.6 is 0 Å². The summed E-state index contributed by atoms with van der Waals surface area (Å²) in [4.78, 5) is 11.5. The minimum atomic E-state index is 0.408. The minimum Gasteiger partial charge on any atom is -0.327 e. The first-order valence-electron chi connectivity index (χ1n) is 8.38. The molecule has 0 radical (unpaired) electrons. The Labute approximate surface area is 135 Å². The lowest BCUT2D eigenvalue weighted by Crippen LogP contribution is -2.29. The lowest BCUT2D eigenvalue weighted by molar-refractivity contribution is 0.231. The molecule has 2 aromatic heterocycles. The molecule has 3 heterocycles. The molecular weight excluding hydrogens is 288 g/mol. The number of nitrogens with zero attached hydrogens (tertiary/aromatic N) is 6. The van der Waals surface area contributed by atoms with Gasteiger partial charge in [0.25, 0.3) is 0 Å². The van der Waals surface area contributed by atoms with Gasteiger partial charge in [-0.1, -0.05) is 12.1 Å². The first-order chi connectivity index (χ1) is 11.4. The maximum atomic E-state index is 4.95. The number of aromatic nitrogens is 5. The summed E-state index contributed by atoms with van der Waals surface area (Å²) in [5.41, 5.74) is 2.35. The Hall–Kier alpha value is -2.21. The summed E-state index contributed by atoms with van der Waals surface area (Å²) in [7, 11) is 0. The van der Waals surface area contributed by atoms with Gasteiger partial charge in [-0.3, -0.25) is 9.58 Å². The zero-order valence-corrected chi connectivity index (χ0v) is 13.5. The molecular formula is C17H22N6. The highest BCUT2D eigenvalue weighted by Crippen LogP contribution is 2.33. The van der Waals surface area contributed by atoms with E-state index in [1.54, 1.807) is 12.7 Å². The van der Waals surface area contributed by atoms with Gasteiger partial charge in [0.15, 0.2) is 0 Å². The molecule has 0 bridgehead atoms. The summed E-state index contributed by atoms with van der Waals surface area (Å²) in [6, 6.07) is 8.85. The van der Waals surface area contributed by atoms with Crippen LogP contribution in [0.3, 0.4) is 0 Å². The molecule has 1 aromatic carbocycles. The Kier molecular flexibility index (Phi) is 3.83. The molecule has 6 nitrogen and oxygen atoms in total. The fraction of sp³-hybridized carbons (Fsp3) is 0.471. The third-order valence-corrected chi connectivity index (χ3v) is 4.74. The van der Waals surface area contributed by atoms with Crippen LogP contribution in [0.1, 0.15) is 31.6 Å². The van der Waals surface area contributed by atoms with Crippen LogP contribution in [-0.4, -0.2) is 42.3 Å². The maximum Gasteiger partial charge on any atom is 0.137 e. The number of aryl methyl sites for hydroxylation is 1. The number of imidazole rings is 1. The zero-order valence-electron chi connectivity index (χ0n) is 13.5. The molecule has 1 aliphatic rings. The molecule has 1 saturated heterocycles. The predicted octanol–water partition coefficient (Wildman–Crippen LogP) is 2.48. The summed E-state index contributed by atoms with van der Waals surface area (Å²) in [5.74, 6) is 1.21. The van der Waals surface area contributed by atoms with E-state index >= 15 is 0 Å². The molecule has 0 spiro atoms. The van der Waals surface area contributed by atoms with Crippen molar-refractivity contribution in [1.29, 1.82) is 0 Å². The summed E-state index contributed by atoms with van der Waals surface area (Å²) >= 11 is 0. The van der Waals surface area contributed by atoms with Crippen LogP contribution < -0.4 is 0 Å². The molecule has 1 aliphatic heterocycles. The minimum absolute atomic E-state index is 0.408. The van der Waals surface area contributed by atoms with E-state index in [1.807, 2.05) is 4.68 Å². The van der Waals surface area contributed by atoms with Gasteiger partial charge in [0.1, 0.15) is 18.5 Å². The lowest BCUT2D eigenvalue weighted by Gasteiger charge is -2.24. The van der Waals surface area contributed by atoms with Crippen molar-refractivity contribution in [3.05, 3.63) is 42.7 Å². The van der Waals surface area contributed by atoms with Gasteiger partial charge in [-0.2, -0.15) is 5.10 Å². The van der Waals surface area contributed by atoms with Crippen molar-refractivity contribution in [3.8, 4) is 0 Å². The molecule has 3 aromatic rings. The van der Waals surface area contributed by atoms with Gasteiger partial charge >= 0.3 is 0 Å². The molecule has 23 heavy (non-hydrogen) atoms. The Morgan fingerprint density at radius 2 is 2.13 bits per heavy atom. The molecule has 0 amide bonds. The van der Waals surface area contributed by atoms with Gasteiger partial charge in [-0.25, -0.2) is 9.97 Å². The van der Waals surface area contributed by atoms with Crippen LogP contribution in [-0.2, 0) is 13.1 Å². The lowest BCUT2D eigenvalue weighted by atomic mass is 10.2. The first-order valence-corrected chi connectivity index (χ1v) is 8.38. The quantitative estimate of drug-likeness (QED) is 0.726. The van der Waals surface area contributed by atoms with E-state index < -0.39 is 0 Å². The molecule has 1 fully saturated rings. The van der Waals surface area contributed by atoms with Gasteiger partial charge in [0.05, 0.1) is 23.6 Å². The van der Waals surface area contributed by atoms with Gasteiger partial charge in [-0.05, 0) is 38.4 Å². The Bertz CT molecular complexity index is 776. The fourth-order valence-electron chi connectivity index (χ4n) is 3.65. The molecule has 0 unspecified atom stereocenters. The standard InChI is InChI=1S/C17H22N6/c1-2-23-15-7-4-3-6-14(15)20-17(23)16-8-5-9-21(16)10-11-22-13-18-12-19-22/h3-4,6-7,12-13,16H,2,5,8-11H2,1H3/t16-/m1/s1. The van der Waals surface area contributed by atoms with E-state index in [9.17, 15) is 0 Å². The van der Waals surface area contributed by atoms with E-state index in [0.29, 0.717) is 6.04 Å². The third kappa shape index (κ3) is 2.63. The molecule has 120 valence electrons. The second kappa shape index (κ2) is 6.12. The monoisotopic (exact) mass is 310 g/mol. The van der Waals surface area contributed by atoms with E-state index in [4.69, 9.17) is 4.98 Å². The van der Waals surface area contributed by atoms with Crippen LogP contribution in [0, 0.1) is 0 Å². The van der Waals surface area contributed by atoms with Crippen molar-refractivity contribution >= 4 is 11.0 Å². The Balaban J connectivity index is 1.60. The van der Waals surface area contributed by atoms with Crippen molar-refractivity contribution in [3.63, 3.8) is 0 Å². The van der Waals surface area contributed by atoms with Gasteiger partial charge < -0.3 is 4.57 Å². The SMILES string of the molecule is CCn1c([C@H]2CCCN2CCn2cncn2)nc2ccccc21. The summed E-state index contributed by atoms with van der Waals surface area (Å²) in [6.07, 6.45) is 5.79. The number of fused-ring (bicyclic) bond motifs is 1. The third-order valence-electron chi connectivity index (χ3n) is 4.74. The van der Waals surface area contributed by atoms with E-state index in [-0.39, 0.29) is 0 Å². The second-order valence-electron chi connectivity index (χ2n) is 6.06. The van der Waals surface area contributed by atoms with Crippen LogP contribution in [0.4, 0.5) is 0 Å². The summed E-state index contributed by atoms with van der Waals surface area (Å²) in [5, 5.41) is 4.20. The van der Waals surface area contributed by atoms with E-state index in [1.165, 1.54) is 24.2 Å². The number of benzene rings is 1. The highest BCUT2D eigenvalue weighted by molar-refractivity contribution is 5.76. The molecule has 1 atom stereocenters. The highest BCUT2D eigenvalue weighted by atomic mass is 15.3. The molecule has 6 heteroatoms. The van der Waals surface area contributed by atoms with Crippen LogP contribution in [0.5, 0.6) is 0 Å². The number of rotatable bonds is 5. The van der Waals surface area contributed by atoms with Gasteiger partial charge in [0, 0.05) is 13.1 Å². The number of hydrogen-bond donors (Lipinski definition) is 0. The second-order valence-corrected chi connectivity index (χ2v) is 6.06. The van der Waals surface area contributed by atoms with Gasteiger partial charge in [0.2, 0.25) is 0 Å². The fourth-order valence-corrected chi connectivity index (χ4v) is 3.65. The van der Waals surface area contributed by atoms with Crippen molar-refractivity contribution in [2.24, 2.45) is 0 Å². The normalized spacial score (nSPS) is 18.9. The largest absolute Gasteiger partial charge is 0.327 e. The zero-order chi connectivity index (χ0) is 15.6. The highest BCUT2D eigenvalue weighted by Gasteiger charge is 2.29. The smallest absolute Gasteiger partial charge is 0.137 e. The van der Waals surface area contributed by atoms with Crippen molar-refractivity contribution in [2.75, 3.05) is 13.1 Å². The van der Waals surface area contributed by atoms with Crippen molar-refractivity contribution in [2.45, 2.75) is 38.9 Å². The average molecular weight is 310 g/mol. The molecule has 0 aliphatic carbocycles. The molecule has 4 rings (SSSR count).